The zero-order chi connectivity index (χ0) is 9.40. The molecule has 3 nitrogen and oxygen atoms in total. The van der Waals surface area contributed by atoms with Crippen LogP contribution in [0.15, 0.2) is 12.7 Å². The van der Waals surface area contributed by atoms with Crippen LogP contribution in [0.4, 0.5) is 0 Å². The van der Waals surface area contributed by atoms with Crippen molar-refractivity contribution in [1.82, 2.24) is 0 Å². The third kappa shape index (κ3) is 7.72. The normalized spacial score (nSPS) is 15.6. The second-order valence-corrected chi connectivity index (χ2v) is 2.82. The minimum atomic E-state index is -0.410. The van der Waals surface area contributed by atoms with Gasteiger partial charge in [0.2, 0.25) is 0 Å². The highest BCUT2D eigenvalue weighted by molar-refractivity contribution is 4.64. The summed E-state index contributed by atoms with van der Waals surface area (Å²) in [5, 5.41) is 8.89. The van der Waals surface area contributed by atoms with E-state index >= 15 is 0 Å². The molecule has 12 heavy (non-hydrogen) atoms. The number of ether oxygens (including phenoxy) is 2. The van der Waals surface area contributed by atoms with E-state index in [0.717, 1.165) is 0 Å². The first-order valence-electron chi connectivity index (χ1n) is 4.15. The van der Waals surface area contributed by atoms with Crippen molar-refractivity contribution in [3.8, 4) is 0 Å². The molecular weight excluding hydrogens is 156 g/mol. The lowest BCUT2D eigenvalue weighted by atomic mass is 10.4. The summed E-state index contributed by atoms with van der Waals surface area (Å²) >= 11 is 0. The smallest absolute Gasteiger partial charge is 0.0781 e. The van der Waals surface area contributed by atoms with Crippen LogP contribution < -0.4 is 0 Å². The van der Waals surface area contributed by atoms with Gasteiger partial charge in [0, 0.05) is 0 Å². The van der Waals surface area contributed by atoms with Gasteiger partial charge in [-0.2, -0.15) is 0 Å². The van der Waals surface area contributed by atoms with Crippen LogP contribution in [0.25, 0.3) is 0 Å². The maximum atomic E-state index is 8.89. The fourth-order valence-electron chi connectivity index (χ4n) is 0.669. The highest BCUT2D eigenvalue weighted by atomic mass is 16.5. The molecule has 0 heterocycles. The summed E-state index contributed by atoms with van der Waals surface area (Å²) in [6.07, 6.45) is 1.31. The molecule has 0 aliphatic heterocycles. The Morgan fingerprint density at radius 2 is 2.08 bits per heavy atom. The maximum absolute atomic E-state index is 8.89. The molecule has 0 saturated heterocycles. The van der Waals surface area contributed by atoms with E-state index in [1.54, 1.807) is 13.0 Å². The number of hydrogen-bond acceptors (Lipinski definition) is 3. The molecule has 0 aromatic carbocycles. The standard InChI is InChI=1S/C9H18O3/c1-4-5-11-7-9(3)12-6-8(2)10/h4,8-10H,1,5-7H2,2-3H3/t8-,9+/m0/s1. The average Bonchev–Trinajstić information content (AvgIpc) is 2.01. The first kappa shape index (κ1) is 11.6. The molecule has 0 spiro atoms. The van der Waals surface area contributed by atoms with E-state index in [1.165, 1.54) is 0 Å². The van der Waals surface area contributed by atoms with Gasteiger partial charge < -0.3 is 14.6 Å². The SMILES string of the molecule is C=CCOC[C@@H](C)OC[C@H](C)O. The summed E-state index contributed by atoms with van der Waals surface area (Å²) in [6.45, 7) is 8.57. The highest BCUT2D eigenvalue weighted by Crippen LogP contribution is 1.93. The molecule has 0 aromatic heterocycles. The maximum Gasteiger partial charge on any atom is 0.0781 e. The Morgan fingerprint density at radius 3 is 2.58 bits per heavy atom. The molecule has 0 unspecified atom stereocenters. The van der Waals surface area contributed by atoms with Crippen LogP contribution in [0.2, 0.25) is 0 Å². The van der Waals surface area contributed by atoms with Gasteiger partial charge in [-0.25, -0.2) is 0 Å². The molecule has 0 bridgehead atoms. The zero-order valence-electron chi connectivity index (χ0n) is 7.82. The van der Waals surface area contributed by atoms with Crippen molar-refractivity contribution in [1.29, 1.82) is 0 Å². The van der Waals surface area contributed by atoms with Crippen LogP contribution in [0, 0.1) is 0 Å². The van der Waals surface area contributed by atoms with Gasteiger partial charge in [0.25, 0.3) is 0 Å². The molecule has 0 saturated carbocycles. The lowest BCUT2D eigenvalue weighted by Gasteiger charge is -2.13. The van der Waals surface area contributed by atoms with E-state index < -0.39 is 6.10 Å². The Hall–Kier alpha value is -0.380. The average molecular weight is 174 g/mol. The Kier molecular flexibility index (Phi) is 7.05. The van der Waals surface area contributed by atoms with Gasteiger partial charge in [0.05, 0.1) is 32.0 Å². The highest BCUT2D eigenvalue weighted by Gasteiger charge is 2.03. The molecule has 0 rings (SSSR count). The fourth-order valence-corrected chi connectivity index (χ4v) is 0.669. The minimum Gasteiger partial charge on any atom is -0.391 e. The first-order valence-corrected chi connectivity index (χ1v) is 4.15. The Bertz CT molecular complexity index is 112. The van der Waals surface area contributed by atoms with E-state index in [0.29, 0.717) is 19.8 Å². The van der Waals surface area contributed by atoms with Gasteiger partial charge in [-0.1, -0.05) is 6.08 Å². The van der Waals surface area contributed by atoms with Crippen molar-refractivity contribution in [2.24, 2.45) is 0 Å². The van der Waals surface area contributed by atoms with Crippen molar-refractivity contribution in [3.63, 3.8) is 0 Å². The number of hydrogen-bond donors (Lipinski definition) is 1. The van der Waals surface area contributed by atoms with Crippen molar-refractivity contribution in [2.75, 3.05) is 19.8 Å². The van der Waals surface area contributed by atoms with Crippen LogP contribution in [0.3, 0.4) is 0 Å². The molecule has 0 aliphatic carbocycles. The van der Waals surface area contributed by atoms with Crippen LogP contribution >= 0.6 is 0 Å². The second-order valence-electron chi connectivity index (χ2n) is 2.82. The molecule has 0 fully saturated rings. The van der Waals surface area contributed by atoms with E-state index in [9.17, 15) is 0 Å². The molecule has 0 aliphatic rings. The Morgan fingerprint density at radius 1 is 1.42 bits per heavy atom. The summed E-state index contributed by atoms with van der Waals surface area (Å²) in [7, 11) is 0. The molecular formula is C9H18O3. The largest absolute Gasteiger partial charge is 0.391 e. The summed E-state index contributed by atoms with van der Waals surface area (Å²) in [5.41, 5.74) is 0. The quantitative estimate of drug-likeness (QED) is 0.462. The summed E-state index contributed by atoms with van der Waals surface area (Å²) in [6, 6.07) is 0. The van der Waals surface area contributed by atoms with E-state index in [4.69, 9.17) is 14.6 Å². The fraction of sp³-hybridized carbons (Fsp3) is 0.778. The summed E-state index contributed by atoms with van der Waals surface area (Å²) in [5.74, 6) is 0. The molecule has 72 valence electrons. The van der Waals surface area contributed by atoms with Gasteiger partial charge in [-0.3, -0.25) is 0 Å². The molecule has 3 heteroatoms. The number of rotatable bonds is 7. The third-order valence-corrected chi connectivity index (χ3v) is 1.21. The van der Waals surface area contributed by atoms with Crippen molar-refractivity contribution in [3.05, 3.63) is 12.7 Å². The van der Waals surface area contributed by atoms with Gasteiger partial charge >= 0.3 is 0 Å². The number of aliphatic hydroxyl groups is 1. The lowest BCUT2D eigenvalue weighted by Crippen LogP contribution is -2.21. The third-order valence-electron chi connectivity index (χ3n) is 1.21. The van der Waals surface area contributed by atoms with Gasteiger partial charge in [-0.05, 0) is 13.8 Å². The van der Waals surface area contributed by atoms with Gasteiger partial charge in [-0.15, -0.1) is 6.58 Å². The predicted molar refractivity (Wildman–Crippen MR) is 48.1 cm³/mol. The second kappa shape index (κ2) is 7.28. The van der Waals surface area contributed by atoms with Crippen molar-refractivity contribution < 1.29 is 14.6 Å². The minimum absolute atomic E-state index is 0.0274. The van der Waals surface area contributed by atoms with Crippen molar-refractivity contribution >= 4 is 0 Å². The number of aliphatic hydroxyl groups excluding tert-OH is 1. The summed E-state index contributed by atoms with van der Waals surface area (Å²) in [4.78, 5) is 0. The van der Waals surface area contributed by atoms with Crippen LogP contribution in [-0.4, -0.2) is 37.1 Å². The van der Waals surface area contributed by atoms with Crippen LogP contribution in [0.5, 0.6) is 0 Å². The van der Waals surface area contributed by atoms with Crippen LogP contribution in [-0.2, 0) is 9.47 Å². The van der Waals surface area contributed by atoms with E-state index in [-0.39, 0.29) is 6.10 Å². The van der Waals surface area contributed by atoms with E-state index in [1.807, 2.05) is 6.92 Å². The van der Waals surface area contributed by atoms with Gasteiger partial charge in [0.1, 0.15) is 0 Å². The molecule has 0 amide bonds. The Balaban J connectivity index is 3.21. The molecule has 0 radical (unpaired) electrons. The summed E-state index contributed by atoms with van der Waals surface area (Å²) < 4.78 is 10.4. The van der Waals surface area contributed by atoms with Gasteiger partial charge in [0.15, 0.2) is 0 Å². The molecule has 1 N–H and O–H groups in total. The molecule has 0 aromatic rings. The van der Waals surface area contributed by atoms with Crippen molar-refractivity contribution in [2.45, 2.75) is 26.1 Å². The van der Waals surface area contributed by atoms with Crippen LogP contribution in [0.1, 0.15) is 13.8 Å². The monoisotopic (exact) mass is 174 g/mol. The Labute approximate surface area is 74.0 Å². The lowest BCUT2D eigenvalue weighted by molar-refractivity contribution is -0.0320. The zero-order valence-corrected chi connectivity index (χ0v) is 7.82. The van der Waals surface area contributed by atoms with E-state index in [2.05, 4.69) is 6.58 Å². The predicted octanol–water partition coefficient (Wildman–Crippen LogP) is 0.975. The topological polar surface area (TPSA) is 38.7 Å². The first-order chi connectivity index (χ1) is 5.66. The molecule has 2 atom stereocenters.